The maximum Gasteiger partial charge on any atom is 0.257 e. The Morgan fingerprint density at radius 2 is 1.69 bits per heavy atom. The summed E-state index contributed by atoms with van der Waals surface area (Å²) >= 11 is 1.59. The number of nitrogen functional groups attached to an aromatic ring is 1. The van der Waals surface area contributed by atoms with Gasteiger partial charge in [0, 0.05) is 37.8 Å². The van der Waals surface area contributed by atoms with Crippen molar-refractivity contribution in [2.24, 2.45) is 0 Å². The molecule has 0 radical (unpaired) electrons. The first kappa shape index (κ1) is 22.4. The molecule has 36 heavy (non-hydrogen) atoms. The van der Waals surface area contributed by atoms with Gasteiger partial charge in [-0.15, -0.1) is 11.3 Å². The molecule has 180 valence electrons. The average Bonchev–Trinajstić information content (AvgIpc) is 3.60. The third-order valence-electron chi connectivity index (χ3n) is 6.42. The Labute approximate surface area is 212 Å². The Morgan fingerprint density at radius 1 is 0.917 bits per heavy atom. The molecule has 6 rings (SSSR count). The van der Waals surface area contributed by atoms with Crippen molar-refractivity contribution >= 4 is 34.0 Å². The number of carbonyl (C=O) groups excluding carboxylic acids is 1. The molecule has 2 aromatic carbocycles. The summed E-state index contributed by atoms with van der Waals surface area (Å²) in [5.41, 5.74) is 9.28. The molecule has 1 amide bonds. The quantitative estimate of drug-likeness (QED) is 0.395. The molecule has 4 heterocycles. The van der Waals surface area contributed by atoms with Crippen LogP contribution in [0.5, 0.6) is 0 Å². The number of hydrogen-bond acceptors (Lipinski definition) is 7. The monoisotopic (exact) mass is 495 g/mol. The molecule has 0 bridgehead atoms. The number of benzene rings is 2. The van der Waals surface area contributed by atoms with Gasteiger partial charge in [-0.2, -0.15) is 5.10 Å². The van der Waals surface area contributed by atoms with Crippen LogP contribution in [0.15, 0.2) is 78.3 Å². The van der Waals surface area contributed by atoms with Gasteiger partial charge in [0.15, 0.2) is 0 Å². The Balaban J connectivity index is 1.19. The maximum absolute atomic E-state index is 13.6. The minimum Gasteiger partial charge on any atom is -0.383 e. The number of piperazine rings is 1. The first-order valence-electron chi connectivity index (χ1n) is 11.9. The minimum atomic E-state index is 0.00595. The van der Waals surface area contributed by atoms with Gasteiger partial charge in [-0.05, 0) is 35.7 Å². The molecule has 0 atom stereocenters. The molecular weight excluding hydrogens is 470 g/mol. The number of nitrogens with zero attached hydrogens (tertiary/aromatic N) is 6. The van der Waals surface area contributed by atoms with Crippen LogP contribution >= 0.6 is 11.3 Å². The number of carbonyl (C=O) groups is 1. The molecule has 9 heteroatoms. The van der Waals surface area contributed by atoms with E-state index in [2.05, 4.69) is 14.9 Å². The van der Waals surface area contributed by atoms with Crippen molar-refractivity contribution in [3.63, 3.8) is 0 Å². The number of anilines is 1. The van der Waals surface area contributed by atoms with Gasteiger partial charge in [0.1, 0.15) is 17.3 Å². The highest BCUT2D eigenvalue weighted by atomic mass is 32.1. The van der Waals surface area contributed by atoms with E-state index in [1.165, 1.54) is 0 Å². The summed E-state index contributed by atoms with van der Waals surface area (Å²) < 4.78 is 1.79. The summed E-state index contributed by atoms with van der Waals surface area (Å²) in [5.74, 6) is 1.21. The zero-order valence-electron chi connectivity index (χ0n) is 19.6. The summed E-state index contributed by atoms with van der Waals surface area (Å²) in [7, 11) is 0. The molecule has 0 saturated carbocycles. The van der Waals surface area contributed by atoms with E-state index in [1.807, 2.05) is 83.2 Å². The van der Waals surface area contributed by atoms with E-state index < -0.39 is 0 Å². The van der Waals surface area contributed by atoms with Gasteiger partial charge in [0.05, 0.1) is 28.2 Å². The fourth-order valence-electron chi connectivity index (χ4n) is 4.54. The van der Waals surface area contributed by atoms with Crippen LogP contribution in [-0.4, -0.2) is 61.6 Å². The largest absolute Gasteiger partial charge is 0.383 e. The summed E-state index contributed by atoms with van der Waals surface area (Å²) in [6.45, 7) is 3.33. The first-order valence-corrected chi connectivity index (χ1v) is 12.8. The van der Waals surface area contributed by atoms with Crippen molar-refractivity contribution in [2.75, 3.05) is 31.9 Å². The van der Waals surface area contributed by atoms with Crippen molar-refractivity contribution in [1.29, 1.82) is 0 Å². The molecule has 0 aliphatic carbocycles. The molecule has 0 spiro atoms. The number of para-hydroxylation sites is 2. The highest BCUT2D eigenvalue weighted by molar-refractivity contribution is 7.13. The predicted octanol–water partition coefficient (Wildman–Crippen LogP) is 4.08. The van der Waals surface area contributed by atoms with E-state index in [0.29, 0.717) is 36.8 Å². The Morgan fingerprint density at radius 3 is 2.47 bits per heavy atom. The maximum atomic E-state index is 13.6. The standard InChI is InChI=1S/C27H25N7OS/c28-26-20-9-4-5-10-22(20)29-24(30-26)18-32-12-14-33(15-13-32)27(35)21-17-34(19-7-2-1-3-8-19)31-25(21)23-11-6-16-36-23/h1-11,16-17H,12-15,18H2,(H2,28,29,30). The van der Waals surface area contributed by atoms with E-state index in [0.717, 1.165) is 40.3 Å². The fourth-order valence-corrected chi connectivity index (χ4v) is 5.26. The van der Waals surface area contributed by atoms with Gasteiger partial charge in [-0.3, -0.25) is 9.69 Å². The smallest absolute Gasteiger partial charge is 0.257 e. The number of rotatable bonds is 5. The second kappa shape index (κ2) is 9.52. The van der Waals surface area contributed by atoms with Crippen LogP contribution in [0.2, 0.25) is 0 Å². The first-order chi connectivity index (χ1) is 17.7. The number of aromatic nitrogens is 4. The van der Waals surface area contributed by atoms with E-state index >= 15 is 0 Å². The zero-order chi connectivity index (χ0) is 24.5. The number of amides is 1. The van der Waals surface area contributed by atoms with Gasteiger partial charge < -0.3 is 10.6 Å². The molecule has 1 fully saturated rings. The normalized spacial score (nSPS) is 14.4. The predicted molar refractivity (Wildman–Crippen MR) is 142 cm³/mol. The number of thiophene rings is 1. The summed E-state index contributed by atoms with van der Waals surface area (Å²) in [6, 6.07) is 21.6. The SMILES string of the molecule is Nc1nc(CN2CCN(C(=O)c3cn(-c4ccccc4)nc3-c3cccs3)CC2)nc2ccccc12. The second-order valence-electron chi connectivity index (χ2n) is 8.76. The lowest BCUT2D eigenvalue weighted by Crippen LogP contribution is -2.48. The lowest BCUT2D eigenvalue weighted by Gasteiger charge is -2.34. The van der Waals surface area contributed by atoms with Crippen molar-refractivity contribution in [1.82, 2.24) is 29.5 Å². The van der Waals surface area contributed by atoms with Crippen molar-refractivity contribution in [2.45, 2.75) is 6.54 Å². The van der Waals surface area contributed by atoms with Crippen LogP contribution in [0.1, 0.15) is 16.2 Å². The third-order valence-corrected chi connectivity index (χ3v) is 7.30. The summed E-state index contributed by atoms with van der Waals surface area (Å²) in [6.07, 6.45) is 1.85. The Kier molecular flexibility index (Phi) is 5.92. The van der Waals surface area contributed by atoms with Gasteiger partial charge in [0.2, 0.25) is 0 Å². The second-order valence-corrected chi connectivity index (χ2v) is 9.71. The summed E-state index contributed by atoms with van der Waals surface area (Å²) in [4.78, 5) is 28.0. The van der Waals surface area contributed by atoms with E-state index in [-0.39, 0.29) is 5.91 Å². The van der Waals surface area contributed by atoms with Gasteiger partial charge in [-0.25, -0.2) is 14.6 Å². The molecular formula is C27H25N7OS. The van der Waals surface area contributed by atoms with Crippen molar-refractivity contribution in [3.05, 3.63) is 89.7 Å². The molecule has 8 nitrogen and oxygen atoms in total. The average molecular weight is 496 g/mol. The lowest BCUT2D eigenvalue weighted by molar-refractivity contribution is 0.0626. The molecule has 1 aliphatic heterocycles. The lowest BCUT2D eigenvalue weighted by atomic mass is 10.1. The topological polar surface area (TPSA) is 93.2 Å². The Bertz CT molecular complexity index is 1510. The highest BCUT2D eigenvalue weighted by Crippen LogP contribution is 2.29. The molecule has 3 aromatic heterocycles. The van der Waals surface area contributed by atoms with Crippen LogP contribution in [0.3, 0.4) is 0 Å². The Hall–Kier alpha value is -4.08. The van der Waals surface area contributed by atoms with Gasteiger partial charge in [-0.1, -0.05) is 36.4 Å². The van der Waals surface area contributed by atoms with Crippen LogP contribution in [0, 0.1) is 0 Å². The van der Waals surface area contributed by atoms with E-state index in [4.69, 9.17) is 10.8 Å². The molecule has 2 N–H and O–H groups in total. The van der Waals surface area contributed by atoms with Crippen molar-refractivity contribution in [3.8, 4) is 16.3 Å². The van der Waals surface area contributed by atoms with E-state index in [9.17, 15) is 4.79 Å². The molecule has 1 saturated heterocycles. The summed E-state index contributed by atoms with van der Waals surface area (Å²) in [5, 5.41) is 7.66. The minimum absolute atomic E-state index is 0.00595. The van der Waals surface area contributed by atoms with Crippen LogP contribution in [-0.2, 0) is 6.54 Å². The third kappa shape index (κ3) is 4.34. The fraction of sp³-hybridized carbons (Fsp3) is 0.185. The number of hydrogen-bond donors (Lipinski definition) is 1. The number of fused-ring (bicyclic) bond motifs is 1. The molecule has 5 aromatic rings. The molecule has 1 aliphatic rings. The van der Waals surface area contributed by atoms with Crippen LogP contribution in [0.4, 0.5) is 5.82 Å². The number of nitrogens with two attached hydrogens (primary N) is 1. The van der Waals surface area contributed by atoms with Gasteiger partial charge >= 0.3 is 0 Å². The van der Waals surface area contributed by atoms with Crippen LogP contribution in [0.25, 0.3) is 27.2 Å². The highest BCUT2D eigenvalue weighted by Gasteiger charge is 2.27. The zero-order valence-corrected chi connectivity index (χ0v) is 20.4. The van der Waals surface area contributed by atoms with Crippen molar-refractivity contribution < 1.29 is 4.79 Å². The molecule has 0 unspecified atom stereocenters. The van der Waals surface area contributed by atoms with E-state index in [1.54, 1.807) is 16.0 Å². The van der Waals surface area contributed by atoms with Crippen LogP contribution < -0.4 is 5.73 Å². The van der Waals surface area contributed by atoms with Gasteiger partial charge in [0.25, 0.3) is 5.91 Å².